The van der Waals surface area contributed by atoms with Crippen LogP contribution in [0.5, 0.6) is 5.75 Å². The molecule has 3 heterocycles. The minimum absolute atomic E-state index is 0.113. The number of aromatic nitrogens is 2. The summed E-state index contributed by atoms with van der Waals surface area (Å²) in [6, 6.07) is 23.9. The third-order valence-corrected chi connectivity index (χ3v) is 7.19. The second-order valence-corrected chi connectivity index (χ2v) is 9.59. The minimum Gasteiger partial charge on any atom is -0.497 e. The zero-order valence-electron chi connectivity index (χ0n) is 19.8. The van der Waals surface area contributed by atoms with Crippen molar-refractivity contribution in [1.29, 1.82) is 0 Å². The van der Waals surface area contributed by atoms with Crippen LogP contribution >= 0.6 is 0 Å². The van der Waals surface area contributed by atoms with Crippen LogP contribution < -0.4 is 9.64 Å². The lowest BCUT2D eigenvalue weighted by atomic mass is 9.84. The maximum Gasteiger partial charge on any atom is 0.254 e. The Morgan fingerprint density at radius 1 is 0.886 bits per heavy atom. The Morgan fingerprint density at radius 3 is 2.37 bits per heavy atom. The van der Waals surface area contributed by atoms with E-state index in [0.717, 1.165) is 71.9 Å². The number of carbonyl (C=O) groups excluding carboxylic acids is 1. The van der Waals surface area contributed by atoms with Crippen molar-refractivity contribution in [1.82, 2.24) is 14.9 Å². The largest absolute Gasteiger partial charge is 0.497 e. The molecule has 2 bridgehead atoms. The Bertz CT molecular complexity index is 1360. The second kappa shape index (κ2) is 9.02. The number of amides is 1. The van der Waals surface area contributed by atoms with Crippen LogP contribution in [0.1, 0.15) is 16.8 Å². The first-order chi connectivity index (χ1) is 17.2. The van der Waals surface area contributed by atoms with Crippen LogP contribution in [0, 0.1) is 11.8 Å². The molecule has 35 heavy (non-hydrogen) atoms. The highest BCUT2D eigenvalue weighted by molar-refractivity contribution is 6.01. The van der Waals surface area contributed by atoms with Crippen molar-refractivity contribution in [2.45, 2.75) is 6.42 Å². The Kier molecular flexibility index (Phi) is 5.57. The number of likely N-dealkylation sites (tertiary alicyclic amines) is 1. The molecule has 1 amide bonds. The highest BCUT2D eigenvalue weighted by Gasteiger charge is 2.37. The molecule has 6 nitrogen and oxygen atoms in total. The molecule has 1 aromatic heterocycles. The molecule has 0 radical (unpaired) electrons. The number of methoxy groups -OCH3 is 1. The molecule has 2 fully saturated rings. The van der Waals surface area contributed by atoms with Gasteiger partial charge in [-0.05, 0) is 53.6 Å². The number of nitrogens with zero attached hydrogens (tertiary/aromatic N) is 4. The number of hydrogen-bond acceptors (Lipinski definition) is 5. The Morgan fingerprint density at radius 2 is 1.60 bits per heavy atom. The summed E-state index contributed by atoms with van der Waals surface area (Å²) in [5.41, 5.74) is 3.71. The first-order valence-corrected chi connectivity index (χ1v) is 12.2. The molecule has 4 aromatic rings. The molecular weight excluding hydrogens is 436 g/mol. The Hall–Kier alpha value is -3.93. The summed E-state index contributed by atoms with van der Waals surface area (Å²) in [4.78, 5) is 27.5. The maximum atomic E-state index is 13.7. The number of fused-ring (bicyclic) bond motifs is 3. The van der Waals surface area contributed by atoms with Crippen molar-refractivity contribution < 1.29 is 9.53 Å². The fourth-order valence-electron chi connectivity index (χ4n) is 5.59. The topological polar surface area (TPSA) is 58.6 Å². The third kappa shape index (κ3) is 4.20. The SMILES string of the molecule is COc1ccc(-c2ccccc2C(=O)N2CC3CC(C2)CN(c2ncc4ccccc4n2)C3)cc1. The molecule has 0 saturated carbocycles. The number of ether oxygens (including phenoxy) is 1. The highest BCUT2D eigenvalue weighted by Crippen LogP contribution is 2.33. The average molecular weight is 465 g/mol. The maximum absolute atomic E-state index is 13.7. The fourth-order valence-corrected chi connectivity index (χ4v) is 5.59. The predicted octanol–water partition coefficient (Wildman–Crippen LogP) is 4.90. The Labute approximate surface area is 205 Å². The molecule has 6 rings (SSSR count). The zero-order valence-corrected chi connectivity index (χ0v) is 19.8. The van der Waals surface area contributed by atoms with Crippen molar-refractivity contribution in [2.75, 3.05) is 38.2 Å². The quantitative estimate of drug-likeness (QED) is 0.430. The van der Waals surface area contributed by atoms with Gasteiger partial charge in [-0.15, -0.1) is 0 Å². The Balaban J connectivity index is 1.21. The molecule has 0 aliphatic carbocycles. The summed E-state index contributed by atoms with van der Waals surface area (Å²) in [6.45, 7) is 3.27. The molecule has 2 saturated heterocycles. The molecular formula is C29H28N4O2. The smallest absolute Gasteiger partial charge is 0.254 e. The van der Waals surface area contributed by atoms with Crippen LogP contribution in [0.4, 0.5) is 5.95 Å². The fraction of sp³-hybridized carbons (Fsp3) is 0.276. The number of para-hydroxylation sites is 1. The van der Waals surface area contributed by atoms with Crippen molar-refractivity contribution >= 4 is 22.8 Å². The lowest BCUT2D eigenvalue weighted by Gasteiger charge is -2.46. The lowest BCUT2D eigenvalue weighted by Crippen LogP contribution is -2.54. The standard InChI is InChI=1S/C29H28N4O2/c1-35-24-12-10-22(11-13-24)25-7-3-4-8-26(25)28(34)32-16-20-14-21(17-32)19-33(18-20)29-30-15-23-6-2-5-9-27(23)31-29/h2-13,15,20-21H,14,16-19H2,1H3. The predicted molar refractivity (Wildman–Crippen MR) is 138 cm³/mol. The van der Waals surface area contributed by atoms with Gasteiger partial charge in [0.05, 0.1) is 12.6 Å². The van der Waals surface area contributed by atoms with E-state index in [9.17, 15) is 4.79 Å². The van der Waals surface area contributed by atoms with Crippen LogP contribution in [0.3, 0.4) is 0 Å². The van der Waals surface area contributed by atoms with Gasteiger partial charge in [0.15, 0.2) is 0 Å². The number of anilines is 1. The van der Waals surface area contributed by atoms with Gasteiger partial charge in [-0.2, -0.15) is 0 Å². The highest BCUT2D eigenvalue weighted by atomic mass is 16.5. The molecule has 0 spiro atoms. The van der Waals surface area contributed by atoms with E-state index in [2.05, 4.69) is 14.8 Å². The van der Waals surface area contributed by atoms with Gasteiger partial charge in [0.25, 0.3) is 5.91 Å². The van der Waals surface area contributed by atoms with Gasteiger partial charge < -0.3 is 14.5 Å². The van der Waals surface area contributed by atoms with Crippen molar-refractivity contribution in [3.8, 4) is 16.9 Å². The summed E-state index contributed by atoms with van der Waals surface area (Å²) in [5, 5.41) is 1.06. The summed E-state index contributed by atoms with van der Waals surface area (Å²) in [6.07, 6.45) is 3.06. The molecule has 176 valence electrons. The normalized spacial score (nSPS) is 19.6. The van der Waals surface area contributed by atoms with E-state index in [0.29, 0.717) is 11.8 Å². The van der Waals surface area contributed by atoms with E-state index in [1.165, 1.54) is 0 Å². The van der Waals surface area contributed by atoms with Crippen LogP contribution in [0.2, 0.25) is 0 Å². The van der Waals surface area contributed by atoms with E-state index in [-0.39, 0.29) is 5.91 Å². The summed E-state index contributed by atoms with van der Waals surface area (Å²) >= 11 is 0. The lowest BCUT2D eigenvalue weighted by molar-refractivity contribution is 0.0564. The van der Waals surface area contributed by atoms with Gasteiger partial charge in [0, 0.05) is 43.3 Å². The van der Waals surface area contributed by atoms with Gasteiger partial charge in [-0.25, -0.2) is 9.97 Å². The number of piperidine rings is 2. The van der Waals surface area contributed by atoms with E-state index >= 15 is 0 Å². The van der Waals surface area contributed by atoms with E-state index in [1.54, 1.807) is 7.11 Å². The molecule has 3 aromatic carbocycles. The molecule has 2 unspecified atom stereocenters. The first-order valence-electron chi connectivity index (χ1n) is 12.2. The monoisotopic (exact) mass is 464 g/mol. The third-order valence-electron chi connectivity index (χ3n) is 7.19. The summed E-state index contributed by atoms with van der Waals surface area (Å²) in [5.74, 6) is 2.54. The van der Waals surface area contributed by atoms with E-state index < -0.39 is 0 Å². The summed E-state index contributed by atoms with van der Waals surface area (Å²) in [7, 11) is 1.66. The van der Waals surface area contributed by atoms with Crippen LogP contribution in [-0.4, -0.2) is 54.1 Å². The van der Waals surface area contributed by atoms with Gasteiger partial charge in [0.1, 0.15) is 5.75 Å². The second-order valence-electron chi connectivity index (χ2n) is 9.59. The first kappa shape index (κ1) is 21.6. The van der Waals surface area contributed by atoms with E-state index in [4.69, 9.17) is 9.72 Å². The molecule has 2 aliphatic heterocycles. The van der Waals surface area contributed by atoms with Gasteiger partial charge in [0.2, 0.25) is 5.95 Å². The van der Waals surface area contributed by atoms with E-state index in [1.807, 2.05) is 79.0 Å². The zero-order chi connectivity index (χ0) is 23.8. The van der Waals surface area contributed by atoms with Crippen LogP contribution in [0.25, 0.3) is 22.0 Å². The van der Waals surface area contributed by atoms with Gasteiger partial charge in [-0.1, -0.05) is 48.5 Å². The van der Waals surface area contributed by atoms with Gasteiger partial charge >= 0.3 is 0 Å². The number of benzene rings is 3. The molecule has 2 aliphatic rings. The summed E-state index contributed by atoms with van der Waals surface area (Å²) < 4.78 is 5.29. The van der Waals surface area contributed by atoms with Gasteiger partial charge in [-0.3, -0.25) is 4.79 Å². The van der Waals surface area contributed by atoms with Crippen molar-refractivity contribution in [2.24, 2.45) is 11.8 Å². The van der Waals surface area contributed by atoms with Crippen molar-refractivity contribution in [3.05, 3.63) is 84.6 Å². The minimum atomic E-state index is 0.113. The molecule has 0 N–H and O–H groups in total. The molecule has 6 heteroatoms. The number of hydrogen-bond donors (Lipinski definition) is 0. The van der Waals surface area contributed by atoms with Crippen LogP contribution in [-0.2, 0) is 0 Å². The number of rotatable bonds is 4. The molecule has 2 atom stereocenters. The van der Waals surface area contributed by atoms with Crippen LogP contribution in [0.15, 0.2) is 79.0 Å². The van der Waals surface area contributed by atoms with Crippen molar-refractivity contribution in [3.63, 3.8) is 0 Å². The average Bonchev–Trinajstić information content (AvgIpc) is 2.92. The number of carbonyl (C=O) groups is 1.